The van der Waals surface area contributed by atoms with E-state index in [9.17, 15) is 4.79 Å². The summed E-state index contributed by atoms with van der Waals surface area (Å²) in [5, 5.41) is 6.55. The van der Waals surface area contributed by atoms with E-state index in [4.69, 9.17) is 0 Å². The molecule has 0 spiro atoms. The van der Waals surface area contributed by atoms with Crippen LogP contribution in [0.5, 0.6) is 0 Å². The van der Waals surface area contributed by atoms with E-state index in [1.807, 2.05) is 6.20 Å². The minimum atomic E-state index is -0.255. The minimum Gasteiger partial charge on any atom is -0.361 e. The van der Waals surface area contributed by atoms with E-state index in [1.165, 1.54) is 55.4 Å². The fourth-order valence-corrected chi connectivity index (χ4v) is 5.71. The minimum absolute atomic E-state index is 0.255. The number of carbonyl (C=O) groups excluding carboxylic acids is 1. The van der Waals surface area contributed by atoms with Crippen LogP contribution in [0.1, 0.15) is 85.0 Å². The van der Waals surface area contributed by atoms with Crippen molar-refractivity contribution in [1.29, 1.82) is 0 Å². The SMILES string of the molecule is CCCC1(CN(CCC/C(C)=C2\C=CNC2=NCC)C(=O)C2(C3=CN3)CCCC2)CC1. The van der Waals surface area contributed by atoms with Gasteiger partial charge in [0.2, 0.25) is 5.91 Å². The first-order valence-electron chi connectivity index (χ1n) is 12.5. The molecule has 2 heterocycles. The number of allylic oxidation sites excluding steroid dienone is 1. The molecule has 4 rings (SSSR count). The molecule has 0 radical (unpaired) electrons. The summed E-state index contributed by atoms with van der Waals surface area (Å²) in [6.45, 7) is 9.15. The van der Waals surface area contributed by atoms with Gasteiger partial charge in [0.05, 0.1) is 5.41 Å². The van der Waals surface area contributed by atoms with E-state index in [1.54, 1.807) is 0 Å². The predicted octanol–water partition coefficient (Wildman–Crippen LogP) is 5.03. The Morgan fingerprint density at radius 1 is 1.16 bits per heavy atom. The zero-order valence-corrected chi connectivity index (χ0v) is 19.7. The number of nitrogens with zero attached hydrogens (tertiary/aromatic N) is 2. The van der Waals surface area contributed by atoms with E-state index in [0.29, 0.717) is 11.3 Å². The lowest BCUT2D eigenvalue weighted by atomic mass is 9.82. The Balaban J connectivity index is 1.45. The van der Waals surface area contributed by atoms with Crippen LogP contribution in [0.15, 0.2) is 40.3 Å². The molecule has 0 aromatic heterocycles. The number of amides is 1. The van der Waals surface area contributed by atoms with Gasteiger partial charge in [-0.25, -0.2) is 0 Å². The third-order valence-electron chi connectivity index (χ3n) is 7.70. The van der Waals surface area contributed by atoms with Crippen molar-refractivity contribution in [1.82, 2.24) is 15.5 Å². The third-order valence-corrected chi connectivity index (χ3v) is 7.70. The van der Waals surface area contributed by atoms with Gasteiger partial charge in [-0.1, -0.05) is 31.8 Å². The van der Waals surface area contributed by atoms with Crippen molar-refractivity contribution in [3.63, 3.8) is 0 Å². The summed E-state index contributed by atoms with van der Waals surface area (Å²) in [7, 11) is 0. The number of rotatable bonds is 11. The molecule has 2 aliphatic carbocycles. The molecule has 0 bridgehead atoms. The molecule has 2 fully saturated rings. The molecule has 5 heteroatoms. The van der Waals surface area contributed by atoms with Gasteiger partial charge < -0.3 is 15.5 Å². The van der Waals surface area contributed by atoms with Gasteiger partial charge in [-0.05, 0) is 70.3 Å². The van der Waals surface area contributed by atoms with Crippen LogP contribution in [-0.4, -0.2) is 36.3 Å². The van der Waals surface area contributed by atoms with Gasteiger partial charge >= 0.3 is 0 Å². The second-order valence-corrected chi connectivity index (χ2v) is 10.1. The highest BCUT2D eigenvalue weighted by molar-refractivity contribution is 6.04. The third kappa shape index (κ3) is 4.75. The first kappa shape index (κ1) is 22.2. The highest BCUT2D eigenvalue weighted by Crippen LogP contribution is 2.52. The zero-order chi connectivity index (χ0) is 21.9. The van der Waals surface area contributed by atoms with Crippen LogP contribution >= 0.6 is 0 Å². The number of nitrogens with one attached hydrogen (secondary N) is 2. The Morgan fingerprint density at radius 2 is 1.90 bits per heavy atom. The summed E-state index contributed by atoms with van der Waals surface area (Å²) in [6.07, 6.45) is 17.6. The molecule has 2 aliphatic heterocycles. The van der Waals surface area contributed by atoms with E-state index >= 15 is 0 Å². The van der Waals surface area contributed by atoms with Crippen LogP contribution in [0.3, 0.4) is 0 Å². The average molecular weight is 425 g/mol. The molecule has 0 aromatic rings. The van der Waals surface area contributed by atoms with Gasteiger partial charge in [-0.3, -0.25) is 9.79 Å². The van der Waals surface area contributed by atoms with E-state index < -0.39 is 0 Å². The Hall–Kier alpha value is -2.04. The molecule has 2 N–H and O–H groups in total. The molecule has 4 aliphatic rings. The first-order valence-corrected chi connectivity index (χ1v) is 12.5. The summed E-state index contributed by atoms with van der Waals surface area (Å²) in [6, 6.07) is 0. The monoisotopic (exact) mass is 424 g/mol. The van der Waals surface area contributed by atoms with Crippen LogP contribution in [0.2, 0.25) is 0 Å². The molecule has 1 amide bonds. The number of carbonyl (C=O) groups is 1. The lowest BCUT2D eigenvalue weighted by Crippen LogP contribution is -2.46. The zero-order valence-electron chi connectivity index (χ0n) is 19.7. The quantitative estimate of drug-likeness (QED) is 0.489. The normalized spacial score (nSPS) is 25.1. The van der Waals surface area contributed by atoms with Gasteiger partial charge in [0.15, 0.2) is 0 Å². The standard InChI is InChI=1S/C26H40N4O/c1-4-11-25(14-15-25)19-30(24(31)26(22-18-29-22)12-6-7-13-26)17-8-9-20(3)21-10-16-28-23(21)27-5-2/h10,16,18,29H,4-9,11-15,17,19H2,1-3H3,(H,27,28)/b21-20+. The molecule has 0 saturated heterocycles. The molecular formula is C26H40N4O. The Kier molecular flexibility index (Phi) is 6.59. The fraction of sp³-hybridized carbons (Fsp3) is 0.692. The van der Waals surface area contributed by atoms with Crippen molar-refractivity contribution in [2.24, 2.45) is 15.8 Å². The number of amidine groups is 1. The molecule has 5 nitrogen and oxygen atoms in total. The second kappa shape index (κ2) is 9.22. The number of hydrogen-bond acceptors (Lipinski definition) is 3. The smallest absolute Gasteiger partial charge is 0.234 e. The second-order valence-electron chi connectivity index (χ2n) is 10.1. The van der Waals surface area contributed by atoms with E-state index in [-0.39, 0.29) is 5.41 Å². The van der Waals surface area contributed by atoms with Gasteiger partial charge in [-0.2, -0.15) is 0 Å². The molecule has 0 unspecified atom stereocenters. The Morgan fingerprint density at radius 3 is 2.52 bits per heavy atom. The van der Waals surface area contributed by atoms with Crippen LogP contribution in [0, 0.1) is 10.8 Å². The number of aliphatic imine (C=N–C) groups is 1. The largest absolute Gasteiger partial charge is 0.361 e. The highest BCUT2D eigenvalue weighted by Gasteiger charge is 2.51. The Labute approximate surface area is 188 Å². The summed E-state index contributed by atoms with van der Waals surface area (Å²) in [5.41, 5.74) is 3.92. The fourth-order valence-electron chi connectivity index (χ4n) is 5.71. The lowest BCUT2D eigenvalue weighted by Gasteiger charge is -2.35. The van der Waals surface area contributed by atoms with Gasteiger partial charge in [0.1, 0.15) is 5.84 Å². The topological polar surface area (TPSA) is 66.6 Å². The molecule has 31 heavy (non-hydrogen) atoms. The van der Waals surface area contributed by atoms with Crippen LogP contribution < -0.4 is 10.6 Å². The maximum absolute atomic E-state index is 13.9. The summed E-state index contributed by atoms with van der Waals surface area (Å²) in [5.74, 6) is 1.38. The van der Waals surface area contributed by atoms with Crippen molar-refractivity contribution >= 4 is 11.7 Å². The Bertz CT molecular complexity index is 809. The maximum Gasteiger partial charge on any atom is 0.234 e. The molecular weight excluding hydrogens is 384 g/mol. The van der Waals surface area contributed by atoms with Gasteiger partial charge in [0, 0.05) is 43.3 Å². The van der Waals surface area contributed by atoms with Gasteiger partial charge in [-0.15, -0.1) is 0 Å². The van der Waals surface area contributed by atoms with Crippen molar-refractivity contribution in [3.8, 4) is 0 Å². The molecule has 2 saturated carbocycles. The first-order chi connectivity index (χ1) is 15.0. The van der Waals surface area contributed by atoms with E-state index in [2.05, 4.69) is 53.6 Å². The summed E-state index contributed by atoms with van der Waals surface area (Å²) in [4.78, 5) is 20.8. The van der Waals surface area contributed by atoms with E-state index in [0.717, 1.165) is 51.2 Å². The molecule has 0 aromatic carbocycles. The van der Waals surface area contributed by atoms with Crippen molar-refractivity contribution in [3.05, 3.63) is 35.3 Å². The van der Waals surface area contributed by atoms with Crippen molar-refractivity contribution in [2.45, 2.75) is 85.0 Å². The van der Waals surface area contributed by atoms with Crippen LogP contribution in [0.4, 0.5) is 0 Å². The van der Waals surface area contributed by atoms with Crippen molar-refractivity contribution in [2.75, 3.05) is 19.6 Å². The maximum atomic E-state index is 13.9. The average Bonchev–Trinajstić information content (AvgIpc) is 3.65. The summed E-state index contributed by atoms with van der Waals surface area (Å²) < 4.78 is 0. The van der Waals surface area contributed by atoms with Crippen molar-refractivity contribution < 1.29 is 4.79 Å². The molecule has 170 valence electrons. The van der Waals surface area contributed by atoms with Crippen LogP contribution in [-0.2, 0) is 4.79 Å². The lowest BCUT2D eigenvalue weighted by molar-refractivity contribution is -0.140. The predicted molar refractivity (Wildman–Crippen MR) is 127 cm³/mol. The highest BCUT2D eigenvalue weighted by atomic mass is 16.2. The van der Waals surface area contributed by atoms with Gasteiger partial charge in [0.25, 0.3) is 0 Å². The van der Waals surface area contributed by atoms with Crippen LogP contribution in [0.25, 0.3) is 0 Å². The summed E-state index contributed by atoms with van der Waals surface area (Å²) >= 11 is 0. The number of hydrogen-bond donors (Lipinski definition) is 2. The molecule has 0 atom stereocenters.